The van der Waals surface area contributed by atoms with Crippen molar-refractivity contribution >= 4 is 5.91 Å². The lowest BCUT2D eigenvalue weighted by Gasteiger charge is -2.32. The monoisotopic (exact) mass is 323 g/mol. The Morgan fingerprint density at radius 3 is 2.59 bits per heavy atom. The van der Waals surface area contributed by atoms with Gasteiger partial charge in [-0.05, 0) is 32.6 Å². The van der Waals surface area contributed by atoms with Crippen LogP contribution in [0.2, 0.25) is 0 Å². The summed E-state index contributed by atoms with van der Waals surface area (Å²) < 4.78 is 47.4. The number of alkyl halides is 3. The predicted molar refractivity (Wildman–Crippen MR) is 74.3 cm³/mol. The Kier molecular flexibility index (Phi) is 6.09. The van der Waals surface area contributed by atoms with Gasteiger partial charge in [0, 0.05) is 12.5 Å². The smallest absolute Gasteiger partial charge is 0.368 e. The molecule has 1 saturated carbocycles. The number of rotatable bonds is 5. The molecule has 1 heterocycles. The minimum absolute atomic E-state index is 0.0566. The highest BCUT2D eigenvalue weighted by atomic mass is 19.4. The van der Waals surface area contributed by atoms with E-state index >= 15 is 0 Å². The summed E-state index contributed by atoms with van der Waals surface area (Å²) in [4.78, 5) is 12.0. The number of carbonyl (C=O) groups is 1. The Morgan fingerprint density at radius 1 is 1.23 bits per heavy atom. The van der Waals surface area contributed by atoms with E-state index in [9.17, 15) is 18.0 Å². The Hall–Kier alpha value is -0.820. The summed E-state index contributed by atoms with van der Waals surface area (Å²) in [5.41, 5.74) is 0. The van der Waals surface area contributed by atoms with Crippen LogP contribution < -0.4 is 5.32 Å². The maximum Gasteiger partial charge on any atom is 0.411 e. The molecule has 0 bridgehead atoms. The van der Waals surface area contributed by atoms with Crippen molar-refractivity contribution in [2.45, 2.75) is 69.9 Å². The Bertz CT molecular complexity index is 376. The number of hydrogen-bond acceptors (Lipinski definition) is 3. The molecule has 2 rings (SSSR count). The number of nitrogens with one attached hydrogen (secondary N) is 1. The van der Waals surface area contributed by atoms with E-state index in [1.54, 1.807) is 0 Å². The first-order chi connectivity index (χ1) is 10.3. The van der Waals surface area contributed by atoms with E-state index in [0.717, 1.165) is 25.7 Å². The molecule has 1 amide bonds. The first-order valence-corrected chi connectivity index (χ1v) is 7.96. The molecular weight excluding hydrogens is 299 g/mol. The van der Waals surface area contributed by atoms with Crippen LogP contribution in [0.4, 0.5) is 13.2 Å². The third-order valence-electron chi connectivity index (χ3n) is 4.36. The Morgan fingerprint density at radius 2 is 1.95 bits per heavy atom. The van der Waals surface area contributed by atoms with E-state index in [1.807, 2.05) is 6.92 Å². The van der Waals surface area contributed by atoms with Crippen molar-refractivity contribution in [1.29, 1.82) is 0 Å². The van der Waals surface area contributed by atoms with Crippen LogP contribution in [0, 0.1) is 5.92 Å². The number of hydrogen-bond donors (Lipinski definition) is 1. The molecule has 0 unspecified atom stereocenters. The second kappa shape index (κ2) is 7.64. The summed E-state index contributed by atoms with van der Waals surface area (Å²) in [6, 6.07) is 0. The van der Waals surface area contributed by atoms with Gasteiger partial charge in [-0.25, -0.2) is 0 Å². The lowest BCUT2D eigenvalue weighted by molar-refractivity contribution is -0.193. The zero-order valence-electron chi connectivity index (χ0n) is 12.8. The van der Waals surface area contributed by atoms with E-state index in [0.29, 0.717) is 19.4 Å². The van der Waals surface area contributed by atoms with Gasteiger partial charge in [-0.15, -0.1) is 0 Å². The van der Waals surface area contributed by atoms with Crippen LogP contribution in [0.15, 0.2) is 0 Å². The summed E-state index contributed by atoms with van der Waals surface area (Å²) >= 11 is 0. The molecule has 0 spiro atoms. The molecule has 1 saturated heterocycles. The van der Waals surface area contributed by atoms with Crippen molar-refractivity contribution in [2.75, 3.05) is 13.2 Å². The third kappa shape index (κ3) is 5.43. The number of halogens is 3. The van der Waals surface area contributed by atoms with E-state index in [4.69, 9.17) is 9.47 Å². The molecule has 1 N–H and O–H groups in total. The minimum atomic E-state index is -4.31. The Labute approximate surface area is 128 Å². The molecule has 0 aromatic carbocycles. The van der Waals surface area contributed by atoms with Crippen LogP contribution in [0.5, 0.6) is 0 Å². The van der Waals surface area contributed by atoms with Crippen LogP contribution in [-0.2, 0) is 14.3 Å². The van der Waals surface area contributed by atoms with Gasteiger partial charge >= 0.3 is 6.18 Å². The SMILES string of the molecule is C[C@@H]1CC[C@H](C(=O)NC[C@@H]2CCCC[C@H]2OCC(F)(F)F)O1. The van der Waals surface area contributed by atoms with Crippen LogP contribution in [0.3, 0.4) is 0 Å². The van der Waals surface area contributed by atoms with Crippen LogP contribution in [0.1, 0.15) is 45.4 Å². The Balaban J connectivity index is 1.77. The van der Waals surface area contributed by atoms with Crippen LogP contribution in [-0.4, -0.2) is 43.5 Å². The molecule has 1 aliphatic heterocycles. The molecule has 4 atom stereocenters. The number of carbonyl (C=O) groups excluding carboxylic acids is 1. The molecule has 7 heteroatoms. The molecular formula is C15H24F3NO3. The lowest BCUT2D eigenvalue weighted by Crippen LogP contribution is -2.42. The fraction of sp³-hybridized carbons (Fsp3) is 0.933. The van der Waals surface area contributed by atoms with Crippen molar-refractivity contribution < 1.29 is 27.4 Å². The quantitative estimate of drug-likeness (QED) is 0.846. The zero-order chi connectivity index (χ0) is 16.2. The summed E-state index contributed by atoms with van der Waals surface area (Å²) in [5.74, 6) is -0.219. The van der Waals surface area contributed by atoms with Gasteiger partial charge in [0.2, 0.25) is 5.91 Å². The van der Waals surface area contributed by atoms with Crippen molar-refractivity contribution in [3.05, 3.63) is 0 Å². The molecule has 1 aliphatic carbocycles. The second-order valence-corrected chi connectivity index (χ2v) is 6.27. The minimum Gasteiger partial charge on any atom is -0.368 e. The van der Waals surface area contributed by atoms with Gasteiger partial charge in [0.05, 0.1) is 12.2 Å². The van der Waals surface area contributed by atoms with Crippen molar-refractivity contribution in [1.82, 2.24) is 5.32 Å². The fourth-order valence-electron chi connectivity index (χ4n) is 3.17. The number of ether oxygens (including phenoxy) is 2. The lowest BCUT2D eigenvalue weighted by atomic mass is 9.86. The largest absolute Gasteiger partial charge is 0.411 e. The van der Waals surface area contributed by atoms with E-state index in [1.165, 1.54) is 0 Å². The summed E-state index contributed by atoms with van der Waals surface area (Å²) in [6.07, 6.45) is -0.276. The highest BCUT2D eigenvalue weighted by Gasteiger charge is 2.34. The molecule has 128 valence electrons. The van der Waals surface area contributed by atoms with E-state index in [2.05, 4.69) is 5.32 Å². The number of amides is 1. The van der Waals surface area contributed by atoms with Crippen LogP contribution >= 0.6 is 0 Å². The summed E-state index contributed by atoms with van der Waals surface area (Å²) in [5, 5.41) is 2.82. The highest BCUT2D eigenvalue weighted by molar-refractivity contribution is 5.81. The van der Waals surface area contributed by atoms with Gasteiger partial charge in [-0.2, -0.15) is 13.2 Å². The highest BCUT2D eigenvalue weighted by Crippen LogP contribution is 2.28. The molecule has 2 aliphatic rings. The second-order valence-electron chi connectivity index (χ2n) is 6.27. The van der Waals surface area contributed by atoms with Crippen molar-refractivity contribution in [3.8, 4) is 0 Å². The standard InChI is InChI=1S/C15H24F3NO3/c1-10-6-7-13(22-10)14(20)19-8-11-4-2-3-5-12(11)21-9-15(16,17)18/h10-13H,2-9H2,1H3,(H,19,20)/t10-,11+,12-,13-/m1/s1. The fourth-order valence-corrected chi connectivity index (χ4v) is 3.17. The van der Waals surface area contributed by atoms with E-state index < -0.39 is 25.0 Å². The maximum atomic E-state index is 12.3. The predicted octanol–water partition coefficient (Wildman–Crippen LogP) is 2.81. The average molecular weight is 323 g/mol. The molecule has 2 fully saturated rings. The van der Waals surface area contributed by atoms with Crippen LogP contribution in [0.25, 0.3) is 0 Å². The third-order valence-corrected chi connectivity index (χ3v) is 4.36. The van der Waals surface area contributed by atoms with Gasteiger partial charge in [-0.1, -0.05) is 12.8 Å². The van der Waals surface area contributed by atoms with Crippen molar-refractivity contribution in [2.24, 2.45) is 5.92 Å². The van der Waals surface area contributed by atoms with E-state index in [-0.39, 0.29) is 17.9 Å². The van der Waals surface area contributed by atoms with Gasteiger partial charge in [0.15, 0.2) is 0 Å². The normalized spacial score (nSPS) is 32.9. The molecule has 22 heavy (non-hydrogen) atoms. The van der Waals surface area contributed by atoms with Gasteiger partial charge in [0.1, 0.15) is 12.7 Å². The van der Waals surface area contributed by atoms with Crippen molar-refractivity contribution in [3.63, 3.8) is 0 Å². The van der Waals surface area contributed by atoms with Gasteiger partial charge in [0.25, 0.3) is 0 Å². The topological polar surface area (TPSA) is 47.6 Å². The molecule has 4 nitrogen and oxygen atoms in total. The molecule has 0 aromatic rings. The first kappa shape index (κ1) is 17.5. The maximum absolute atomic E-state index is 12.3. The van der Waals surface area contributed by atoms with Gasteiger partial charge in [-0.3, -0.25) is 4.79 Å². The summed E-state index contributed by atoms with van der Waals surface area (Å²) in [7, 11) is 0. The average Bonchev–Trinajstić information content (AvgIpc) is 2.89. The molecule has 0 radical (unpaired) electrons. The summed E-state index contributed by atoms with van der Waals surface area (Å²) in [6.45, 7) is 1.07. The zero-order valence-corrected chi connectivity index (χ0v) is 12.8. The first-order valence-electron chi connectivity index (χ1n) is 7.96. The molecule has 0 aromatic heterocycles. The van der Waals surface area contributed by atoms with Gasteiger partial charge < -0.3 is 14.8 Å².